The van der Waals surface area contributed by atoms with E-state index in [0.717, 1.165) is 5.75 Å². The Morgan fingerprint density at radius 3 is 2.45 bits per heavy atom. The molecular formula is C8H10OSe2. The minimum absolute atomic E-state index is 0.371. The van der Waals surface area contributed by atoms with Crippen LogP contribution in [0.4, 0.5) is 0 Å². The van der Waals surface area contributed by atoms with Gasteiger partial charge in [-0.15, -0.1) is 0 Å². The fourth-order valence-corrected chi connectivity index (χ4v) is 3.19. The van der Waals surface area contributed by atoms with Crippen LogP contribution in [0.1, 0.15) is 5.56 Å². The zero-order valence-electron chi connectivity index (χ0n) is 6.28. The quantitative estimate of drug-likeness (QED) is 0.741. The summed E-state index contributed by atoms with van der Waals surface area (Å²) in [6.07, 6.45) is 0. The third-order valence-electron chi connectivity index (χ3n) is 1.41. The first-order valence-electron chi connectivity index (χ1n) is 3.29. The monoisotopic (exact) mass is 282 g/mol. The van der Waals surface area contributed by atoms with Crippen molar-refractivity contribution in [2.75, 3.05) is 7.11 Å². The molecule has 0 heterocycles. The summed E-state index contributed by atoms with van der Waals surface area (Å²) in [6, 6.07) is 8.25. The molecule has 0 saturated carbocycles. The van der Waals surface area contributed by atoms with Crippen molar-refractivity contribution in [1.29, 1.82) is 0 Å². The summed E-state index contributed by atoms with van der Waals surface area (Å²) in [5.74, 6) is 0.935. The van der Waals surface area contributed by atoms with Crippen molar-refractivity contribution in [3.8, 4) is 5.75 Å². The molecule has 1 aromatic carbocycles. The number of methoxy groups -OCH3 is 1. The molecule has 0 aliphatic carbocycles. The van der Waals surface area contributed by atoms with Gasteiger partial charge in [0.05, 0.1) is 0 Å². The molecule has 0 bridgehead atoms. The van der Waals surface area contributed by atoms with Crippen LogP contribution in [0.5, 0.6) is 5.75 Å². The maximum absolute atomic E-state index is 5.05. The summed E-state index contributed by atoms with van der Waals surface area (Å²) < 4.78 is 5.05. The van der Waals surface area contributed by atoms with Gasteiger partial charge in [0.25, 0.3) is 0 Å². The Balaban J connectivity index is 2.74. The normalized spacial score (nSPS) is 9.55. The first-order chi connectivity index (χ1) is 5.36. The topological polar surface area (TPSA) is 9.23 Å². The Morgan fingerprint density at radius 2 is 2.00 bits per heavy atom. The number of hydrogen-bond acceptors (Lipinski definition) is 1. The average molecular weight is 280 g/mol. The van der Waals surface area contributed by atoms with Gasteiger partial charge in [-0.1, -0.05) is 0 Å². The molecule has 0 N–H and O–H groups in total. The van der Waals surface area contributed by atoms with Gasteiger partial charge >= 0.3 is 79.0 Å². The number of benzene rings is 1. The van der Waals surface area contributed by atoms with E-state index in [4.69, 9.17) is 4.74 Å². The molecule has 1 aromatic rings. The molecule has 11 heavy (non-hydrogen) atoms. The van der Waals surface area contributed by atoms with E-state index in [1.807, 2.05) is 12.1 Å². The number of rotatable bonds is 3. The van der Waals surface area contributed by atoms with Crippen molar-refractivity contribution in [3.63, 3.8) is 0 Å². The van der Waals surface area contributed by atoms with Crippen LogP contribution in [0, 0.1) is 0 Å². The standard InChI is InChI=1S/C8H10OSe2/c1-9-8-4-2-7(3-5-8)6-11-10/h2-5,11H,6H2,1H3. The third-order valence-corrected chi connectivity index (χ3v) is 3.85. The van der Waals surface area contributed by atoms with Crippen LogP contribution in [-0.2, 0) is 5.32 Å². The molecule has 0 spiro atoms. The summed E-state index contributed by atoms with van der Waals surface area (Å²) >= 11 is 3.45. The predicted molar refractivity (Wildman–Crippen MR) is 49.6 cm³/mol. The van der Waals surface area contributed by atoms with Crippen LogP contribution >= 0.6 is 0 Å². The molecule has 0 fully saturated rings. The number of ether oxygens (including phenoxy) is 1. The zero-order chi connectivity index (χ0) is 8.10. The van der Waals surface area contributed by atoms with Gasteiger partial charge in [0.1, 0.15) is 0 Å². The molecule has 1 rings (SSSR count). The molecular weight excluding hydrogens is 270 g/mol. The van der Waals surface area contributed by atoms with E-state index in [1.165, 1.54) is 10.9 Å². The second-order valence-electron chi connectivity index (χ2n) is 2.14. The van der Waals surface area contributed by atoms with Gasteiger partial charge in [-0.3, -0.25) is 0 Å². The summed E-state index contributed by atoms with van der Waals surface area (Å²) in [6.45, 7) is 0. The van der Waals surface area contributed by atoms with Crippen LogP contribution in [0.15, 0.2) is 24.3 Å². The molecule has 0 amide bonds. The van der Waals surface area contributed by atoms with Gasteiger partial charge in [-0.05, 0) is 0 Å². The van der Waals surface area contributed by atoms with E-state index < -0.39 is 0 Å². The third kappa shape index (κ3) is 2.88. The van der Waals surface area contributed by atoms with Crippen molar-refractivity contribution >= 4 is 26.3 Å². The molecule has 0 atom stereocenters. The maximum atomic E-state index is 5.05. The van der Waals surface area contributed by atoms with Gasteiger partial charge in [-0.25, -0.2) is 0 Å². The first kappa shape index (κ1) is 9.15. The van der Waals surface area contributed by atoms with Gasteiger partial charge in [0, 0.05) is 0 Å². The van der Waals surface area contributed by atoms with Crippen molar-refractivity contribution < 1.29 is 4.74 Å². The Morgan fingerprint density at radius 1 is 1.36 bits per heavy atom. The molecule has 3 heteroatoms. The first-order valence-corrected chi connectivity index (χ1v) is 9.36. The van der Waals surface area contributed by atoms with E-state index in [2.05, 4.69) is 25.8 Å². The average Bonchev–Trinajstić information content (AvgIpc) is 2.07. The Labute approximate surface area is 79.0 Å². The van der Waals surface area contributed by atoms with Crippen molar-refractivity contribution in [2.45, 2.75) is 5.32 Å². The van der Waals surface area contributed by atoms with Gasteiger partial charge in [0.2, 0.25) is 0 Å². The van der Waals surface area contributed by atoms with Crippen molar-refractivity contribution in [3.05, 3.63) is 29.8 Å². The summed E-state index contributed by atoms with van der Waals surface area (Å²) in [5.41, 5.74) is 1.39. The molecule has 0 aromatic heterocycles. The zero-order valence-corrected chi connectivity index (χ0v) is 9.87. The molecule has 0 aliphatic heterocycles. The van der Waals surface area contributed by atoms with Crippen LogP contribution in [-0.4, -0.2) is 33.4 Å². The van der Waals surface area contributed by atoms with Crippen molar-refractivity contribution in [2.24, 2.45) is 0 Å². The van der Waals surface area contributed by atoms with Crippen molar-refractivity contribution in [1.82, 2.24) is 0 Å². The van der Waals surface area contributed by atoms with Gasteiger partial charge in [-0.2, -0.15) is 0 Å². The molecule has 0 radical (unpaired) electrons. The van der Waals surface area contributed by atoms with E-state index in [0.29, 0.717) is 12.6 Å². The molecule has 0 unspecified atom stereocenters. The molecule has 1 nitrogen and oxygen atoms in total. The minimum atomic E-state index is 0.371. The van der Waals surface area contributed by atoms with Gasteiger partial charge < -0.3 is 0 Å². The van der Waals surface area contributed by atoms with Crippen LogP contribution in [0.3, 0.4) is 0 Å². The van der Waals surface area contributed by atoms with E-state index in [1.54, 1.807) is 7.11 Å². The Kier molecular flexibility index (Phi) is 4.03. The molecule has 0 saturated heterocycles. The van der Waals surface area contributed by atoms with E-state index >= 15 is 0 Å². The second-order valence-corrected chi connectivity index (χ2v) is 6.16. The Hall–Kier alpha value is 0.0590. The predicted octanol–water partition coefficient (Wildman–Crippen LogP) is 0.715. The fourth-order valence-electron chi connectivity index (χ4n) is 0.805. The summed E-state index contributed by atoms with van der Waals surface area (Å²) in [5, 5.41) is 1.19. The van der Waals surface area contributed by atoms with Gasteiger partial charge in [0.15, 0.2) is 0 Å². The van der Waals surface area contributed by atoms with E-state index in [-0.39, 0.29) is 0 Å². The SMILES string of the molecule is COc1ccc(C[SeH]=[Se])cc1. The van der Waals surface area contributed by atoms with E-state index in [9.17, 15) is 0 Å². The van der Waals surface area contributed by atoms with Crippen LogP contribution in [0.25, 0.3) is 0 Å². The molecule has 60 valence electrons. The number of hydrogen-bond donors (Lipinski definition) is 0. The fraction of sp³-hybridized carbons (Fsp3) is 0.250. The summed E-state index contributed by atoms with van der Waals surface area (Å²) in [7, 11) is 1.69. The summed E-state index contributed by atoms with van der Waals surface area (Å²) in [4.78, 5) is 0. The molecule has 0 aliphatic rings. The van der Waals surface area contributed by atoms with Crippen LogP contribution in [0.2, 0.25) is 0 Å². The second kappa shape index (κ2) is 4.84. The Bertz CT molecular complexity index is 230. The van der Waals surface area contributed by atoms with Crippen LogP contribution < -0.4 is 4.74 Å².